The third-order valence-electron chi connectivity index (χ3n) is 1.38. The van der Waals surface area contributed by atoms with Crippen LogP contribution in [0.25, 0.3) is 0 Å². The van der Waals surface area contributed by atoms with Gasteiger partial charge in [-0.3, -0.25) is 0 Å². The third-order valence-corrected chi connectivity index (χ3v) is 4.05. The number of pyridine rings is 2. The number of nitrogens with one attached hydrogen (secondary N) is 2. The van der Waals surface area contributed by atoms with Crippen LogP contribution in [-0.4, -0.2) is 0 Å². The average Bonchev–Trinajstić information content (AvgIpc) is 2.57. The summed E-state index contributed by atoms with van der Waals surface area (Å²) in [5.41, 5.74) is 0. The van der Waals surface area contributed by atoms with Gasteiger partial charge in [-0.1, -0.05) is 32.6 Å². The zero-order chi connectivity index (χ0) is 21.6. The molecule has 0 saturated heterocycles. The number of hydrogen-bond donors (Lipinski definition) is 0. The van der Waals surface area contributed by atoms with Crippen molar-refractivity contribution >= 4 is 0 Å². The maximum Gasteiger partial charge on any atom is 0.166 e. The van der Waals surface area contributed by atoms with Crippen LogP contribution in [0.3, 0.4) is 0 Å². The van der Waals surface area contributed by atoms with Crippen LogP contribution in [0.4, 0.5) is 0 Å². The molecule has 2 aromatic heterocycles. The largest absolute Gasteiger partial charge is 0.218 e. The summed E-state index contributed by atoms with van der Waals surface area (Å²) in [5.74, 6) is 0. The van der Waals surface area contributed by atoms with E-state index in [4.69, 9.17) is 20.4 Å². The molecule has 0 fully saturated rings. The summed E-state index contributed by atoms with van der Waals surface area (Å²) in [6, 6.07) is 11.7. The molecule has 2 N–H and O–H groups in total. The van der Waals surface area contributed by atoms with E-state index in [0.29, 0.717) is 0 Å². The summed E-state index contributed by atoms with van der Waals surface area (Å²) in [4.78, 5) is 21.5. The predicted octanol–water partition coefficient (Wildman–Crippen LogP) is -4.17. The molecule has 152 valence electrons. The monoisotopic (exact) mass is 472 g/mol. The van der Waals surface area contributed by atoms with Gasteiger partial charge in [-0.2, -0.15) is 0 Å². The normalized spacial score (nSPS) is 8.96. The molecule has 2 rings (SSSR count). The van der Waals surface area contributed by atoms with E-state index < -0.39 is 27.2 Å². The number of aromatic nitrogens is 2. The van der Waals surface area contributed by atoms with E-state index in [1.165, 1.54) is 0 Å². The van der Waals surface area contributed by atoms with Crippen LogP contribution in [-0.2, 0) is 45.3 Å². The zero-order valence-electron chi connectivity index (χ0n) is 12.9. The standard InChI is InChI=1S/2C5H5N.2Cr.2O3.7O/c2*1-2-4-6-5-3-1;;;2*1-3-2;;;;;;;/h2*1-5H;;;;;;;;;;;/q;;;;;;;;;;;2*-1/p+2. The van der Waals surface area contributed by atoms with Crippen LogP contribution in [0.2, 0.25) is 0 Å². The smallest absolute Gasteiger partial charge is 0.166 e. The van der Waals surface area contributed by atoms with Crippen molar-refractivity contribution in [3.8, 4) is 0 Å². The molecule has 0 radical (unpaired) electrons. The van der Waals surface area contributed by atoms with Crippen molar-refractivity contribution in [1.29, 1.82) is 0 Å². The second kappa shape index (κ2) is 19.6. The Morgan fingerprint density at radius 3 is 0.889 bits per heavy atom. The van der Waals surface area contributed by atoms with Gasteiger partial charge in [-0.25, -0.2) is 9.97 Å². The molecule has 0 atom stereocenters. The molecule has 0 bridgehead atoms. The molecular formula is C10H12Cr2N2O13. The third kappa shape index (κ3) is 45.1. The molecular weight excluding hydrogens is 460 g/mol. The fraction of sp³-hybridized carbons (Fsp3) is 0. The second-order valence-corrected chi connectivity index (χ2v) is 6.81. The van der Waals surface area contributed by atoms with Crippen molar-refractivity contribution in [3.05, 3.63) is 80.6 Å². The molecule has 0 spiro atoms. The van der Waals surface area contributed by atoms with Crippen LogP contribution >= 0.6 is 0 Å². The molecule has 2 aromatic rings. The van der Waals surface area contributed by atoms with E-state index in [1.54, 1.807) is 9.49 Å². The van der Waals surface area contributed by atoms with Crippen molar-refractivity contribution < 1.29 is 74.1 Å². The van der Waals surface area contributed by atoms with E-state index in [0.717, 1.165) is 0 Å². The van der Waals surface area contributed by atoms with E-state index in [-0.39, 0.29) is 0 Å². The number of rotatable bonds is 2. The summed E-state index contributed by atoms with van der Waals surface area (Å²) in [5, 5.41) is 15.8. The van der Waals surface area contributed by atoms with Crippen LogP contribution in [0.15, 0.2) is 61.2 Å². The average molecular weight is 472 g/mol. The summed E-state index contributed by atoms with van der Waals surface area (Å²) < 4.78 is 62.4. The SMILES string of the molecule is O=[O+][O-].O=[O+][O-].[O]=[Cr](=[O])([O-])[O][Cr](=[O])(=[O])[O-].c1cc[nH+]cc1.c1cc[nH+]cc1. The summed E-state index contributed by atoms with van der Waals surface area (Å²) >= 11 is -12.1. The summed E-state index contributed by atoms with van der Waals surface area (Å²) in [7, 11) is 0. The minimum absolute atomic E-state index is 1.75. The first-order chi connectivity index (χ1) is 12.5. The molecule has 0 aliphatic carbocycles. The Labute approximate surface area is 155 Å². The number of H-pyrrole nitrogens is 2. The summed E-state index contributed by atoms with van der Waals surface area (Å²) in [6.07, 6.45) is 7.50. The van der Waals surface area contributed by atoms with Gasteiger partial charge in [-0.15, -0.1) is 0 Å². The van der Waals surface area contributed by atoms with Crippen LogP contribution in [0.5, 0.6) is 0 Å². The van der Waals surface area contributed by atoms with Crippen molar-refractivity contribution in [3.63, 3.8) is 0 Å². The number of hydrogen-bond acceptors (Lipinski definition) is 11. The number of aromatic amines is 2. The second-order valence-electron chi connectivity index (χ2n) is 3.18. The molecule has 17 heteroatoms. The summed E-state index contributed by atoms with van der Waals surface area (Å²) in [6.45, 7) is 0. The van der Waals surface area contributed by atoms with Crippen LogP contribution < -0.4 is 28.8 Å². The zero-order valence-corrected chi connectivity index (χ0v) is 15.4. The molecule has 0 aliphatic heterocycles. The molecule has 0 amide bonds. The van der Waals surface area contributed by atoms with Crippen molar-refractivity contribution in [2.24, 2.45) is 0 Å². The molecule has 0 unspecified atom stereocenters. The first-order valence-electron chi connectivity index (χ1n) is 5.82. The Morgan fingerprint density at radius 1 is 0.630 bits per heavy atom. The maximum absolute atomic E-state index is 9.38. The van der Waals surface area contributed by atoms with Gasteiger partial charge in [0.25, 0.3) is 0 Å². The van der Waals surface area contributed by atoms with Gasteiger partial charge in [0.2, 0.25) is 0 Å². The van der Waals surface area contributed by atoms with Crippen LogP contribution in [0.1, 0.15) is 0 Å². The predicted molar refractivity (Wildman–Crippen MR) is 63.3 cm³/mol. The quantitative estimate of drug-likeness (QED) is 0.230. The van der Waals surface area contributed by atoms with E-state index in [9.17, 15) is 23.5 Å². The van der Waals surface area contributed by atoms with Gasteiger partial charge in [0.1, 0.15) is 0 Å². The Kier molecular flexibility index (Phi) is 21.0. The molecule has 2 heterocycles. The molecule has 27 heavy (non-hydrogen) atoms. The molecule has 0 aliphatic rings. The van der Waals surface area contributed by atoms with Gasteiger partial charge >= 0.3 is 53.6 Å². The first-order valence-corrected chi connectivity index (χ1v) is 9.99. The molecule has 15 nitrogen and oxygen atoms in total. The molecule has 0 aromatic carbocycles. The van der Waals surface area contributed by atoms with Crippen molar-refractivity contribution in [2.75, 3.05) is 0 Å². The topological polar surface area (TPSA) is 255 Å². The van der Waals surface area contributed by atoms with Gasteiger partial charge in [0, 0.05) is 24.3 Å². The van der Waals surface area contributed by atoms with E-state index >= 15 is 0 Å². The van der Waals surface area contributed by atoms with Crippen molar-refractivity contribution in [2.45, 2.75) is 0 Å². The van der Waals surface area contributed by atoms with Gasteiger partial charge in [-0.05, 0) is 0 Å². The maximum atomic E-state index is 9.38. The van der Waals surface area contributed by atoms with Gasteiger partial charge in [0.05, 0.1) is 0 Å². The first kappa shape index (κ1) is 29.0. The fourth-order valence-electron chi connectivity index (χ4n) is 0.786. The van der Waals surface area contributed by atoms with E-state index in [2.05, 4.69) is 12.8 Å². The van der Waals surface area contributed by atoms with E-state index in [1.807, 2.05) is 61.2 Å². The Morgan fingerprint density at radius 2 is 0.852 bits per heavy atom. The van der Waals surface area contributed by atoms with Crippen LogP contribution in [0, 0.1) is 19.4 Å². The molecule has 0 saturated carbocycles. The minimum Gasteiger partial charge on any atom is -0.218 e. The Balaban J connectivity index is -0.000000284. The Hall–Kier alpha value is -2.76. The minimum atomic E-state index is -6.07. The van der Waals surface area contributed by atoms with Gasteiger partial charge < -0.3 is 0 Å². The van der Waals surface area contributed by atoms with Crippen molar-refractivity contribution in [1.82, 2.24) is 0 Å². The van der Waals surface area contributed by atoms with Gasteiger partial charge in [0.15, 0.2) is 34.3 Å². The fourth-order valence-corrected chi connectivity index (χ4v) is 2.42. The Bertz CT molecular complexity index is 648.